The number of anilines is 4. The molecule has 64 heavy (non-hydrogen) atoms. The molecule has 6 nitrogen and oxygen atoms in total. The van der Waals surface area contributed by atoms with E-state index < -0.39 is 0 Å². The number of nitrogens with zero attached hydrogens (tertiary/aromatic N) is 6. The number of hydrogen-bond acceptors (Lipinski definition) is 4. The zero-order valence-electron chi connectivity index (χ0n) is 35.6. The van der Waals surface area contributed by atoms with Crippen LogP contribution >= 0.6 is 0 Å². The molecule has 0 saturated heterocycles. The SMILES string of the molecule is CC(C)(C)c1ccnc(-n2c3[c-]c(C(=C(c4ccccc4)c4ccccc4)c4[c-]c(N5[CH-]N(c6ccccc6)c6cccnc65)ccc4)ccc3c3ccn(-c4ccccc4)c32)c1.[Pt]. The molecule has 314 valence electrons. The van der Waals surface area contributed by atoms with Gasteiger partial charge in [-0.3, -0.25) is 4.57 Å². The summed E-state index contributed by atoms with van der Waals surface area (Å²) in [4.78, 5) is 14.3. The van der Waals surface area contributed by atoms with E-state index in [9.17, 15) is 0 Å². The van der Waals surface area contributed by atoms with Crippen molar-refractivity contribution in [3.63, 3.8) is 0 Å². The molecule has 0 fully saturated rings. The summed E-state index contributed by atoms with van der Waals surface area (Å²) in [6.07, 6.45) is 5.94. The Morgan fingerprint density at radius 2 is 1.20 bits per heavy atom. The maximum Gasteiger partial charge on any atom is 0.137 e. The smallest absolute Gasteiger partial charge is 0.137 e. The molecule has 1 aliphatic heterocycles. The molecule has 4 aromatic heterocycles. The molecule has 7 heteroatoms. The number of aromatic nitrogens is 4. The Labute approximate surface area is 388 Å². The molecule has 0 bridgehead atoms. The second-order valence-electron chi connectivity index (χ2n) is 16.8. The molecule has 0 unspecified atom stereocenters. The Morgan fingerprint density at radius 1 is 0.547 bits per heavy atom. The van der Waals surface area contributed by atoms with Crippen LogP contribution in [0.2, 0.25) is 0 Å². The molecule has 0 saturated carbocycles. The number of benzene rings is 6. The van der Waals surface area contributed by atoms with Gasteiger partial charge in [0.15, 0.2) is 0 Å². The summed E-state index contributed by atoms with van der Waals surface area (Å²) in [6, 6.07) is 71.8. The monoisotopic (exact) mass is 1010 g/mol. The van der Waals surface area contributed by atoms with Crippen LogP contribution in [0.5, 0.6) is 0 Å². The Hall–Kier alpha value is -7.27. The molecule has 0 aliphatic carbocycles. The molecule has 1 aliphatic rings. The molecule has 0 amide bonds. The number of hydrogen-bond donors (Lipinski definition) is 0. The van der Waals surface area contributed by atoms with Crippen LogP contribution in [-0.2, 0) is 26.5 Å². The first-order valence-corrected chi connectivity index (χ1v) is 21.3. The summed E-state index contributed by atoms with van der Waals surface area (Å²) in [5, 5.41) is 2.23. The van der Waals surface area contributed by atoms with E-state index in [4.69, 9.17) is 9.97 Å². The molecule has 0 radical (unpaired) electrons. The molecule has 10 aromatic rings. The minimum Gasteiger partial charge on any atom is -0.473 e. The first-order chi connectivity index (χ1) is 30.9. The van der Waals surface area contributed by atoms with Crippen molar-refractivity contribution >= 4 is 56.0 Å². The van der Waals surface area contributed by atoms with Gasteiger partial charge in [0.1, 0.15) is 17.3 Å². The van der Waals surface area contributed by atoms with E-state index in [1.807, 2.05) is 24.5 Å². The number of rotatable bonds is 8. The van der Waals surface area contributed by atoms with Crippen molar-refractivity contribution in [3.8, 4) is 11.5 Å². The molecule has 5 heterocycles. The minimum absolute atomic E-state index is 0. The first kappa shape index (κ1) is 40.8. The Morgan fingerprint density at radius 3 is 1.89 bits per heavy atom. The van der Waals surface area contributed by atoms with Gasteiger partial charge >= 0.3 is 0 Å². The number of fused-ring (bicyclic) bond motifs is 4. The van der Waals surface area contributed by atoms with Crippen molar-refractivity contribution in [1.82, 2.24) is 19.1 Å². The average Bonchev–Trinajstić information content (AvgIpc) is 4.03. The van der Waals surface area contributed by atoms with Crippen LogP contribution in [0.25, 0.3) is 44.6 Å². The summed E-state index contributed by atoms with van der Waals surface area (Å²) in [6.45, 7) is 8.85. The third-order valence-corrected chi connectivity index (χ3v) is 11.9. The quantitative estimate of drug-likeness (QED) is 0.112. The van der Waals surface area contributed by atoms with Crippen LogP contribution in [0.15, 0.2) is 201 Å². The van der Waals surface area contributed by atoms with E-state index in [2.05, 4.69) is 235 Å². The van der Waals surface area contributed by atoms with Gasteiger partial charge in [-0.1, -0.05) is 129 Å². The zero-order valence-corrected chi connectivity index (χ0v) is 37.9. The van der Waals surface area contributed by atoms with Gasteiger partial charge in [-0.05, 0) is 93.2 Å². The van der Waals surface area contributed by atoms with Gasteiger partial charge in [0, 0.05) is 51.0 Å². The fourth-order valence-electron chi connectivity index (χ4n) is 8.80. The summed E-state index contributed by atoms with van der Waals surface area (Å²) in [5.41, 5.74) is 13.3. The summed E-state index contributed by atoms with van der Waals surface area (Å²) in [5.74, 6) is 1.68. The molecule has 6 aromatic carbocycles. The van der Waals surface area contributed by atoms with E-state index >= 15 is 0 Å². The summed E-state index contributed by atoms with van der Waals surface area (Å²) < 4.78 is 4.55. The summed E-state index contributed by atoms with van der Waals surface area (Å²) in [7, 11) is 0. The van der Waals surface area contributed by atoms with E-state index in [1.165, 1.54) is 5.56 Å². The van der Waals surface area contributed by atoms with Gasteiger partial charge in [-0.2, -0.15) is 0 Å². The van der Waals surface area contributed by atoms with E-state index in [1.54, 1.807) is 0 Å². The van der Waals surface area contributed by atoms with Gasteiger partial charge in [-0.25, -0.2) is 9.97 Å². The fraction of sp³-hybridized carbons (Fsp3) is 0.0702. The normalized spacial score (nSPS) is 12.4. The number of para-hydroxylation sites is 2. The maximum atomic E-state index is 5.07. The van der Waals surface area contributed by atoms with Gasteiger partial charge in [0.05, 0.1) is 5.69 Å². The standard InChI is InChI=1S/C57H43N6.Pt/c1-57(2,3)44-31-34-58-52(38-44)63-51-37-43(29-30-48(51)49-32-35-60(56(49)63)45-23-12-6-13-24-45)54(53(40-18-8-4-9-19-40)41-20-10-5-11-21-41)42-22-16-27-47(36-42)62-39-61(46-25-14-7-15-26-46)50-28-17-33-59-55(50)62;/h4-35,38-39H,1-3H3;/q-3;. The topological polar surface area (TPSA) is 42.1 Å². The van der Waals surface area contributed by atoms with E-state index in [-0.39, 0.29) is 26.5 Å². The predicted molar refractivity (Wildman–Crippen MR) is 258 cm³/mol. The molecule has 0 atom stereocenters. The van der Waals surface area contributed by atoms with Crippen molar-refractivity contribution in [2.24, 2.45) is 0 Å². The number of pyridine rings is 2. The van der Waals surface area contributed by atoms with E-state index in [0.29, 0.717) is 0 Å². The second-order valence-corrected chi connectivity index (χ2v) is 16.8. The van der Waals surface area contributed by atoms with Crippen molar-refractivity contribution < 1.29 is 21.1 Å². The van der Waals surface area contributed by atoms with Crippen molar-refractivity contribution in [2.75, 3.05) is 9.80 Å². The average molecular weight is 1010 g/mol. The molecule has 11 rings (SSSR count). The maximum absolute atomic E-state index is 5.07. The van der Waals surface area contributed by atoms with Crippen molar-refractivity contribution in [3.05, 3.63) is 247 Å². The zero-order chi connectivity index (χ0) is 42.5. The third-order valence-electron chi connectivity index (χ3n) is 11.9. The predicted octanol–water partition coefficient (Wildman–Crippen LogP) is 13.7. The summed E-state index contributed by atoms with van der Waals surface area (Å²) >= 11 is 0. The van der Waals surface area contributed by atoms with Crippen molar-refractivity contribution in [1.29, 1.82) is 0 Å². The van der Waals surface area contributed by atoms with Crippen LogP contribution in [0.3, 0.4) is 0 Å². The third kappa shape index (κ3) is 7.24. The first-order valence-electron chi connectivity index (χ1n) is 21.3. The molecular weight excluding hydrogens is 964 g/mol. The van der Waals surface area contributed by atoms with Crippen LogP contribution in [0.4, 0.5) is 22.9 Å². The van der Waals surface area contributed by atoms with Crippen molar-refractivity contribution in [2.45, 2.75) is 26.2 Å². The molecular formula is C57H43N6Pt-3. The van der Waals surface area contributed by atoms with Crippen LogP contribution in [-0.4, -0.2) is 19.1 Å². The Bertz CT molecular complexity index is 3250. The van der Waals surface area contributed by atoms with Crippen LogP contribution in [0.1, 0.15) is 48.6 Å². The Balaban J connectivity index is 0.00000484. The van der Waals surface area contributed by atoms with Gasteiger partial charge < -0.3 is 14.4 Å². The molecule has 0 spiro atoms. The van der Waals surface area contributed by atoms with Crippen LogP contribution in [0, 0.1) is 18.8 Å². The molecule has 0 N–H and O–H groups in total. The van der Waals surface area contributed by atoms with Gasteiger partial charge in [-0.15, -0.1) is 65.8 Å². The largest absolute Gasteiger partial charge is 0.473 e. The van der Waals surface area contributed by atoms with E-state index in [0.717, 1.165) is 89.7 Å². The second kappa shape index (κ2) is 16.8. The Kier molecular flexibility index (Phi) is 10.7. The van der Waals surface area contributed by atoms with Gasteiger partial charge in [0.25, 0.3) is 0 Å². The fourth-order valence-corrected chi connectivity index (χ4v) is 8.80. The minimum atomic E-state index is -0.0754. The van der Waals surface area contributed by atoms with Crippen LogP contribution < -0.4 is 9.80 Å². The van der Waals surface area contributed by atoms with Gasteiger partial charge in [0.2, 0.25) is 0 Å².